The van der Waals surface area contributed by atoms with E-state index in [-0.39, 0.29) is 0 Å². The number of carboxylic acid groups (broad SMARTS) is 1. The van der Waals surface area contributed by atoms with E-state index in [1.54, 1.807) is 0 Å². The van der Waals surface area contributed by atoms with Gasteiger partial charge in [-0.3, -0.25) is 4.79 Å². The molecular weight excluding hydrogens is 244 g/mol. The number of aliphatic hydroxyl groups is 1. The van der Waals surface area contributed by atoms with E-state index in [2.05, 4.69) is 10.2 Å². The molecule has 0 radical (unpaired) electrons. The van der Waals surface area contributed by atoms with Crippen molar-refractivity contribution < 1.29 is 19.8 Å². The highest BCUT2D eigenvalue weighted by atomic mass is 32.2. The second-order valence-corrected chi connectivity index (χ2v) is 4.50. The number of hydrogen-bond acceptors (Lipinski definition) is 4. The standard InChI is InChI=1S/C10H16N2O4S/c1-6(13)8(10(15)16)12-9(14)7(11-2)4-5-17-3/h2,6-8,13H,4-5H2,1,3H3,(H-,12,14,15,16)/p+1/t6?,7-,8+/m1/s1. The third kappa shape index (κ3) is 5.56. The molecule has 0 aromatic heterocycles. The summed E-state index contributed by atoms with van der Waals surface area (Å²) in [5.74, 6) is -1.20. The zero-order valence-corrected chi connectivity index (χ0v) is 10.6. The van der Waals surface area contributed by atoms with Gasteiger partial charge in [-0.1, -0.05) is 4.85 Å². The molecule has 6 nitrogen and oxygen atoms in total. The molecule has 0 aliphatic rings. The first-order valence-electron chi connectivity index (χ1n) is 5.04. The van der Waals surface area contributed by atoms with Gasteiger partial charge in [0.2, 0.25) is 0 Å². The van der Waals surface area contributed by atoms with Crippen LogP contribution >= 0.6 is 11.8 Å². The number of carboxylic acids is 1. The van der Waals surface area contributed by atoms with Crippen molar-refractivity contribution in [1.29, 1.82) is 0 Å². The van der Waals surface area contributed by atoms with E-state index in [0.29, 0.717) is 12.2 Å². The third-order valence-electron chi connectivity index (χ3n) is 2.12. The smallest absolute Gasteiger partial charge is 0.349 e. The van der Waals surface area contributed by atoms with Gasteiger partial charge >= 0.3 is 17.9 Å². The number of carbonyl (C=O) groups is 2. The van der Waals surface area contributed by atoms with E-state index in [4.69, 9.17) is 11.7 Å². The fourth-order valence-corrected chi connectivity index (χ4v) is 1.60. The summed E-state index contributed by atoms with van der Waals surface area (Å²) in [7, 11) is 0. The topological polar surface area (TPSA) is 91.0 Å². The number of hydrogen-bond donors (Lipinski definition) is 3. The van der Waals surface area contributed by atoms with Crippen LogP contribution in [-0.4, -0.2) is 52.3 Å². The lowest BCUT2D eigenvalue weighted by Gasteiger charge is -2.16. The summed E-state index contributed by atoms with van der Waals surface area (Å²) in [5, 5.41) is 20.2. The van der Waals surface area contributed by atoms with Crippen LogP contribution in [0.1, 0.15) is 13.3 Å². The van der Waals surface area contributed by atoms with Gasteiger partial charge in [0.15, 0.2) is 6.04 Å². The number of thioether (sulfide) groups is 1. The maximum Gasteiger partial charge on any atom is 0.349 e. The lowest BCUT2D eigenvalue weighted by Crippen LogP contribution is -2.50. The summed E-state index contributed by atoms with van der Waals surface area (Å²) in [6.07, 6.45) is 1.12. The third-order valence-corrected chi connectivity index (χ3v) is 2.77. The van der Waals surface area contributed by atoms with Gasteiger partial charge in [0.25, 0.3) is 6.57 Å². The monoisotopic (exact) mass is 261 g/mol. The van der Waals surface area contributed by atoms with E-state index in [1.807, 2.05) is 6.26 Å². The minimum atomic E-state index is -1.35. The number of nitrogens with zero attached hydrogens (tertiary/aromatic N) is 1. The Balaban J connectivity index is 4.48. The van der Waals surface area contributed by atoms with Crippen LogP contribution in [-0.2, 0) is 9.59 Å². The lowest BCUT2D eigenvalue weighted by molar-refractivity contribution is -0.144. The van der Waals surface area contributed by atoms with Gasteiger partial charge in [0.1, 0.15) is 0 Å². The Morgan fingerprint density at radius 1 is 1.53 bits per heavy atom. The molecule has 7 heteroatoms. The van der Waals surface area contributed by atoms with Crippen molar-refractivity contribution in [2.75, 3.05) is 12.0 Å². The zero-order chi connectivity index (χ0) is 13.4. The van der Waals surface area contributed by atoms with Gasteiger partial charge in [-0.2, -0.15) is 11.8 Å². The van der Waals surface area contributed by atoms with Gasteiger partial charge in [-0.05, 0) is 13.2 Å². The molecule has 0 fully saturated rings. The number of aliphatic hydroxyl groups excluding tert-OH is 1. The highest BCUT2D eigenvalue weighted by Gasteiger charge is 2.32. The average molecular weight is 261 g/mol. The molecule has 0 saturated carbocycles. The lowest BCUT2D eigenvalue weighted by atomic mass is 10.1. The van der Waals surface area contributed by atoms with Crippen LogP contribution in [0.25, 0.3) is 4.85 Å². The predicted octanol–water partition coefficient (Wildman–Crippen LogP) is 0.0210. The molecule has 1 amide bonds. The largest absolute Gasteiger partial charge is 0.480 e. The molecule has 0 aromatic carbocycles. The van der Waals surface area contributed by atoms with Crippen molar-refractivity contribution >= 4 is 23.6 Å². The molecule has 0 aliphatic heterocycles. The van der Waals surface area contributed by atoms with E-state index in [9.17, 15) is 14.7 Å². The SMILES string of the molecule is C#[N+][C@H](CCSC)C(=O)N[C@H](C(=O)O)C(C)O. The molecule has 0 spiro atoms. The molecule has 1 unspecified atom stereocenters. The summed E-state index contributed by atoms with van der Waals surface area (Å²) in [5.41, 5.74) is 0. The van der Waals surface area contributed by atoms with Crippen molar-refractivity contribution in [3.05, 3.63) is 4.85 Å². The molecule has 0 saturated heterocycles. The molecule has 96 valence electrons. The first-order valence-corrected chi connectivity index (χ1v) is 6.43. The average Bonchev–Trinajstić information content (AvgIpc) is 2.26. The second kappa shape index (κ2) is 7.92. The van der Waals surface area contributed by atoms with Gasteiger partial charge in [-0.25, -0.2) is 4.79 Å². The first kappa shape index (κ1) is 15.7. The summed E-state index contributed by atoms with van der Waals surface area (Å²) in [4.78, 5) is 25.8. The van der Waals surface area contributed by atoms with E-state index in [1.165, 1.54) is 18.7 Å². The molecule has 0 bridgehead atoms. The van der Waals surface area contributed by atoms with Crippen LogP contribution < -0.4 is 5.32 Å². The quantitative estimate of drug-likeness (QED) is 0.601. The Morgan fingerprint density at radius 3 is 2.47 bits per heavy atom. The van der Waals surface area contributed by atoms with Crippen molar-refractivity contribution in [3.8, 4) is 6.57 Å². The van der Waals surface area contributed by atoms with E-state index in [0.717, 1.165) is 0 Å². The van der Waals surface area contributed by atoms with Crippen molar-refractivity contribution in [3.63, 3.8) is 0 Å². The van der Waals surface area contributed by atoms with E-state index < -0.39 is 30.1 Å². The molecule has 0 heterocycles. The van der Waals surface area contributed by atoms with Crippen LogP contribution in [0, 0.1) is 6.57 Å². The molecule has 0 aromatic rings. The van der Waals surface area contributed by atoms with E-state index >= 15 is 0 Å². The maximum absolute atomic E-state index is 11.6. The summed E-state index contributed by atoms with van der Waals surface area (Å²) in [6, 6.07) is -2.14. The van der Waals surface area contributed by atoms with Gasteiger partial charge in [-0.15, -0.1) is 0 Å². The van der Waals surface area contributed by atoms with Crippen LogP contribution in [0.3, 0.4) is 0 Å². The molecule has 0 aliphatic carbocycles. The number of carbonyl (C=O) groups excluding carboxylic acids is 1. The van der Waals surface area contributed by atoms with Crippen LogP contribution in [0.4, 0.5) is 0 Å². The van der Waals surface area contributed by atoms with Crippen LogP contribution in [0.2, 0.25) is 0 Å². The Hall–Kier alpha value is -1.26. The molecular formula is C10H17N2O4S+. The van der Waals surface area contributed by atoms with Gasteiger partial charge in [0, 0.05) is 12.2 Å². The Kier molecular flexibility index (Phi) is 7.34. The maximum atomic E-state index is 11.6. The second-order valence-electron chi connectivity index (χ2n) is 3.51. The highest BCUT2D eigenvalue weighted by molar-refractivity contribution is 7.98. The zero-order valence-electron chi connectivity index (χ0n) is 9.79. The van der Waals surface area contributed by atoms with Crippen molar-refractivity contribution in [1.82, 2.24) is 5.32 Å². The number of nitrogens with one attached hydrogen (secondary N) is 1. The number of aliphatic carboxylic acids is 1. The van der Waals surface area contributed by atoms with Gasteiger partial charge in [0.05, 0.1) is 6.10 Å². The minimum Gasteiger partial charge on any atom is -0.480 e. The Bertz CT molecular complexity index is 314. The van der Waals surface area contributed by atoms with Crippen LogP contribution in [0.5, 0.6) is 0 Å². The molecule has 3 N–H and O–H groups in total. The van der Waals surface area contributed by atoms with Crippen molar-refractivity contribution in [2.45, 2.75) is 31.5 Å². The Morgan fingerprint density at radius 2 is 2.12 bits per heavy atom. The molecule has 17 heavy (non-hydrogen) atoms. The summed E-state index contributed by atoms with van der Waals surface area (Å²) in [6.45, 7) is 6.37. The fraction of sp³-hybridized carbons (Fsp3) is 0.700. The van der Waals surface area contributed by atoms with Gasteiger partial charge < -0.3 is 15.5 Å². The van der Waals surface area contributed by atoms with Crippen molar-refractivity contribution in [2.24, 2.45) is 0 Å². The molecule has 3 atom stereocenters. The summed E-state index contributed by atoms with van der Waals surface area (Å²) >= 11 is 1.53. The normalized spacial score (nSPS) is 15.4. The number of amides is 1. The Labute approximate surface area is 104 Å². The first-order chi connectivity index (χ1) is 7.93. The molecule has 0 rings (SSSR count). The minimum absolute atomic E-state index is 0.426. The fourth-order valence-electron chi connectivity index (χ4n) is 1.14. The number of rotatable bonds is 7. The highest BCUT2D eigenvalue weighted by Crippen LogP contribution is 2.05. The summed E-state index contributed by atoms with van der Waals surface area (Å²) < 4.78 is 0. The predicted molar refractivity (Wildman–Crippen MR) is 66.3 cm³/mol. The van der Waals surface area contributed by atoms with Crippen LogP contribution in [0.15, 0.2) is 0 Å².